The number of anilines is 1. The van der Waals surface area contributed by atoms with E-state index in [0.29, 0.717) is 32.2 Å². The van der Waals surface area contributed by atoms with Gasteiger partial charge in [-0.2, -0.15) is 0 Å². The lowest BCUT2D eigenvalue weighted by Crippen LogP contribution is -2.30. The van der Waals surface area contributed by atoms with Crippen LogP contribution in [0.2, 0.25) is 0 Å². The van der Waals surface area contributed by atoms with Crippen LogP contribution in [0.5, 0.6) is 0 Å². The second-order valence-corrected chi connectivity index (χ2v) is 5.20. The topological polar surface area (TPSA) is 101 Å². The minimum Gasteiger partial charge on any atom is -0.352 e. The number of carbonyl (C=O) groups is 3. The summed E-state index contributed by atoms with van der Waals surface area (Å²) in [4.78, 5) is 33.1. The van der Waals surface area contributed by atoms with E-state index in [1.165, 1.54) is 0 Å². The molecule has 1 aromatic carbocycles. The predicted molar refractivity (Wildman–Crippen MR) is 85.5 cm³/mol. The molecule has 0 aromatic heterocycles. The van der Waals surface area contributed by atoms with Crippen molar-refractivity contribution in [1.29, 1.82) is 0 Å². The van der Waals surface area contributed by atoms with Gasteiger partial charge in [-0.05, 0) is 43.9 Å². The first-order valence-electron chi connectivity index (χ1n) is 7.39. The van der Waals surface area contributed by atoms with Crippen LogP contribution in [-0.2, 0) is 16.0 Å². The maximum atomic E-state index is 11.7. The van der Waals surface area contributed by atoms with Crippen LogP contribution >= 0.6 is 0 Å². The van der Waals surface area contributed by atoms with Crippen molar-refractivity contribution in [2.45, 2.75) is 39.0 Å². The predicted octanol–water partition coefficient (Wildman–Crippen LogP) is 1.99. The minimum absolute atomic E-state index is 0.0597. The number of aryl methyl sites for hydroxylation is 1. The van der Waals surface area contributed by atoms with Crippen LogP contribution in [0.1, 0.15) is 38.2 Å². The number of hydrogen-bond acceptors (Lipinski definition) is 3. The second kappa shape index (κ2) is 9.55. The van der Waals surface area contributed by atoms with E-state index in [1.54, 1.807) is 6.92 Å². The molecule has 0 aliphatic rings. The molecular weight excluding hydrogens is 282 g/mol. The van der Waals surface area contributed by atoms with Gasteiger partial charge in [-0.1, -0.05) is 12.1 Å². The normalized spacial score (nSPS) is 10.0. The molecule has 0 unspecified atom stereocenters. The number of carbonyl (C=O) groups excluding carboxylic acids is 3. The molecule has 6 heteroatoms. The van der Waals surface area contributed by atoms with Crippen molar-refractivity contribution in [3.63, 3.8) is 0 Å². The Hall–Kier alpha value is -2.37. The fourth-order valence-electron chi connectivity index (χ4n) is 1.92. The molecular formula is C16H23N3O3. The number of primary amides is 1. The summed E-state index contributed by atoms with van der Waals surface area (Å²) >= 11 is 0. The Balaban J connectivity index is 2.26. The SMILES string of the molecule is CC(=O)CCc1ccc(NC(=O)CCCCNC(N)=O)cc1. The Morgan fingerprint density at radius 2 is 1.73 bits per heavy atom. The highest BCUT2D eigenvalue weighted by Crippen LogP contribution is 2.12. The molecule has 6 nitrogen and oxygen atoms in total. The quantitative estimate of drug-likeness (QED) is 0.608. The van der Waals surface area contributed by atoms with Gasteiger partial charge in [0.05, 0.1) is 0 Å². The highest BCUT2D eigenvalue weighted by molar-refractivity contribution is 5.90. The number of ketones is 1. The summed E-state index contributed by atoms with van der Waals surface area (Å²) in [5.74, 6) is 0.110. The molecule has 0 saturated carbocycles. The Kier molecular flexibility index (Phi) is 7.67. The van der Waals surface area contributed by atoms with Crippen LogP contribution in [-0.4, -0.2) is 24.3 Å². The molecule has 1 aromatic rings. The zero-order chi connectivity index (χ0) is 16.4. The average molecular weight is 305 g/mol. The van der Waals surface area contributed by atoms with Crippen molar-refractivity contribution in [2.24, 2.45) is 5.73 Å². The molecule has 3 amide bonds. The lowest BCUT2D eigenvalue weighted by molar-refractivity contribution is -0.117. The molecule has 0 aliphatic heterocycles. The van der Waals surface area contributed by atoms with Gasteiger partial charge < -0.3 is 21.2 Å². The monoisotopic (exact) mass is 305 g/mol. The van der Waals surface area contributed by atoms with Gasteiger partial charge in [0.2, 0.25) is 5.91 Å². The molecule has 0 heterocycles. The van der Waals surface area contributed by atoms with Crippen molar-refractivity contribution in [2.75, 3.05) is 11.9 Å². The number of nitrogens with one attached hydrogen (secondary N) is 2. The summed E-state index contributed by atoms with van der Waals surface area (Å²) in [5, 5.41) is 5.29. The largest absolute Gasteiger partial charge is 0.352 e. The molecule has 0 radical (unpaired) electrons. The minimum atomic E-state index is -0.547. The Labute approximate surface area is 130 Å². The Bertz CT molecular complexity index is 512. The summed E-state index contributed by atoms with van der Waals surface area (Å²) in [5.41, 5.74) is 6.76. The van der Waals surface area contributed by atoms with Crippen LogP contribution in [0, 0.1) is 0 Å². The second-order valence-electron chi connectivity index (χ2n) is 5.20. The Morgan fingerprint density at radius 1 is 1.05 bits per heavy atom. The maximum absolute atomic E-state index is 11.7. The van der Waals surface area contributed by atoms with E-state index in [1.807, 2.05) is 24.3 Å². The highest BCUT2D eigenvalue weighted by Gasteiger charge is 2.03. The van der Waals surface area contributed by atoms with E-state index >= 15 is 0 Å². The van der Waals surface area contributed by atoms with Gasteiger partial charge in [0.15, 0.2) is 0 Å². The zero-order valence-corrected chi connectivity index (χ0v) is 12.9. The highest BCUT2D eigenvalue weighted by atomic mass is 16.2. The fourth-order valence-corrected chi connectivity index (χ4v) is 1.92. The van der Waals surface area contributed by atoms with E-state index in [-0.39, 0.29) is 11.7 Å². The smallest absolute Gasteiger partial charge is 0.312 e. The standard InChI is InChI=1S/C16H23N3O3/c1-12(20)5-6-13-7-9-14(10-8-13)19-15(21)4-2-3-11-18-16(17)22/h7-10H,2-6,11H2,1H3,(H,19,21)(H3,17,18,22). The lowest BCUT2D eigenvalue weighted by atomic mass is 10.1. The molecule has 1 rings (SSSR count). The first-order chi connectivity index (χ1) is 10.5. The van der Waals surface area contributed by atoms with Gasteiger partial charge >= 0.3 is 6.03 Å². The van der Waals surface area contributed by atoms with Gasteiger partial charge in [-0.15, -0.1) is 0 Å². The summed E-state index contributed by atoms with van der Waals surface area (Å²) in [6.45, 7) is 2.06. The number of amides is 3. The number of rotatable bonds is 9. The molecule has 0 spiro atoms. The number of urea groups is 1. The molecule has 4 N–H and O–H groups in total. The van der Waals surface area contributed by atoms with Crippen LogP contribution in [0.3, 0.4) is 0 Å². The molecule has 0 aliphatic carbocycles. The van der Waals surface area contributed by atoms with Crippen molar-refractivity contribution in [3.8, 4) is 0 Å². The fraction of sp³-hybridized carbons (Fsp3) is 0.438. The summed E-state index contributed by atoms with van der Waals surface area (Å²) < 4.78 is 0. The van der Waals surface area contributed by atoms with Crippen LogP contribution in [0.25, 0.3) is 0 Å². The molecule has 22 heavy (non-hydrogen) atoms. The molecule has 120 valence electrons. The molecule has 0 saturated heterocycles. The maximum Gasteiger partial charge on any atom is 0.312 e. The van der Waals surface area contributed by atoms with E-state index in [9.17, 15) is 14.4 Å². The van der Waals surface area contributed by atoms with E-state index in [2.05, 4.69) is 10.6 Å². The lowest BCUT2D eigenvalue weighted by Gasteiger charge is -2.07. The van der Waals surface area contributed by atoms with Crippen LogP contribution in [0.4, 0.5) is 10.5 Å². The third-order valence-corrected chi connectivity index (χ3v) is 3.13. The van der Waals surface area contributed by atoms with E-state index < -0.39 is 6.03 Å². The zero-order valence-electron chi connectivity index (χ0n) is 12.9. The van der Waals surface area contributed by atoms with Crippen molar-refractivity contribution in [1.82, 2.24) is 5.32 Å². The number of nitrogens with two attached hydrogens (primary N) is 1. The number of Topliss-reactive ketones (excluding diaryl/α,β-unsaturated/α-hetero) is 1. The first-order valence-corrected chi connectivity index (χ1v) is 7.39. The Morgan fingerprint density at radius 3 is 2.32 bits per heavy atom. The molecule has 0 bridgehead atoms. The third-order valence-electron chi connectivity index (χ3n) is 3.13. The van der Waals surface area contributed by atoms with Gasteiger partial charge in [0.25, 0.3) is 0 Å². The van der Waals surface area contributed by atoms with Crippen molar-refractivity contribution >= 4 is 23.4 Å². The van der Waals surface area contributed by atoms with Crippen molar-refractivity contribution < 1.29 is 14.4 Å². The molecule has 0 atom stereocenters. The van der Waals surface area contributed by atoms with Gasteiger partial charge in [-0.3, -0.25) is 4.79 Å². The van der Waals surface area contributed by atoms with Gasteiger partial charge in [-0.25, -0.2) is 4.79 Å². The average Bonchev–Trinajstić information content (AvgIpc) is 2.45. The summed E-state index contributed by atoms with van der Waals surface area (Å²) in [6.07, 6.45) is 3.04. The molecule has 0 fully saturated rings. The summed E-state index contributed by atoms with van der Waals surface area (Å²) in [6, 6.07) is 6.95. The van der Waals surface area contributed by atoms with Gasteiger partial charge in [0, 0.05) is 25.1 Å². The first kappa shape index (κ1) is 17.7. The van der Waals surface area contributed by atoms with Crippen LogP contribution < -0.4 is 16.4 Å². The number of hydrogen-bond donors (Lipinski definition) is 3. The van der Waals surface area contributed by atoms with E-state index in [0.717, 1.165) is 17.7 Å². The van der Waals surface area contributed by atoms with Crippen molar-refractivity contribution in [3.05, 3.63) is 29.8 Å². The van der Waals surface area contributed by atoms with E-state index in [4.69, 9.17) is 5.73 Å². The third kappa shape index (κ3) is 8.04. The number of unbranched alkanes of at least 4 members (excludes halogenated alkanes) is 1. The summed E-state index contributed by atoms with van der Waals surface area (Å²) in [7, 11) is 0. The van der Waals surface area contributed by atoms with Gasteiger partial charge in [0.1, 0.15) is 5.78 Å². The van der Waals surface area contributed by atoms with Crippen LogP contribution in [0.15, 0.2) is 24.3 Å². The number of benzene rings is 1.